The molecule has 1 aromatic carbocycles. The van der Waals surface area contributed by atoms with Crippen LogP contribution in [0.4, 0.5) is 10.1 Å². The van der Waals surface area contributed by atoms with Gasteiger partial charge in [-0.25, -0.2) is 4.39 Å². The first kappa shape index (κ1) is 13.2. The Morgan fingerprint density at radius 1 is 1.41 bits per heavy atom. The lowest BCUT2D eigenvalue weighted by Crippen LogP contribution is -2.17. The Morgan fingerprint density at radius 3 is 2.71 bits per heavy atom. The van der Waals surface area contributed by atoms with Crippen LogP contribution >= 0.6 is 0 Å². The van der Waals surface area contributed by atoms with Gasteiger partial charge in [0.1, 0.15) is 5.82 Å². The smallest absolute Gasteiger partial charge is 0.303 e. The van der Waals surface area contributed by atoms with Crippen molar-refractivity contribution < 1.29 is 19.1 Å². The molecule has 4 nitrogen and oxygen atoms in total. The number of benzene rings is 1. The molecular formula is C12H14FNO3. The highest BCUT2D eigenvalue weighted by Crippen LogP contribution is 2.12. The van der Waals surface area contributed by atoms with Crippen LogP contribution in [0.15, 0.2) is 24.3 Å². The van der Waals surface area contributed by atoms with Gasteiger partial charge in [0.25, 0.3) is 0 Å². The predicted molar refractivity (Wildman–Crippen MR) is 61.1 cm³/mol. The van der Waals surface area contributed by atoms with Crippen molar-refractivity contribution >= 4 is 17.6 Å². The SMILES string of the molecule is CC(CC(=O)O)CC(=O)Nc1cccc(F)c1. The molecule has 0 saturated carbocycles. The second-order valence-corrected chi connectivity index (χ2v) is 3.97. The lowest BCUT2D eigenvalue weighted by atomic mass is 10.0. The molecule has 0 heterocycles. The number of amides is 1. The zero-order valence-corrected chi connectivity index (χ0v) is 9.44. The maximum absolute atomic E-state index is 12.8. The molecule has 0 aliphatic heterocycles. The summed E-state index contributed by atoms with van der Waals surface area (Å²) >= 11 is 0. The van der Waals surface area contributed by atoms with E-state index in [1.807, 2.05) is 0 Å². The van der Waals surface area contributed by atoms with E-state index in [1.165, 1.54) is 18.2 Å². The summed E-state index contributed by atoms with van der Waals surface area (Å²) < 4.78 is 12.8. The van der Waals surface area contributed by atoms with Gasteiger partial charge < -0.3 is 10.4 Å². The van der Waals surface area contributed by atoms with Crippen molar-refractivity contribution in [3.8, 4) is 0 Å². The van der Waals surface area contributed by atoms with E-state index in [-0.39, 0.29) is 24.7 Å². The number of carbonyl (C=O) groups excluding carboxylic acids is 1. The third-order valence-electron chi connectivity index (χ3n) is 2.17. The Kier molecular flexibility index (Phi) is 4.63. The molecule has 2 N–H and O–H groups in total. The molecule has 0 aliphatic carbocycles. The fraction of sp³-hybridized carbons (Fsp3) is 0.333. The number of anilines is 1. The summed E-state index contributed by atoms with van der Waals surface area (Å²) in [7, 11) is 0. The van der Waals surface area contributed by atoms with Crippen LogP contribution in [0.5, 0.6) is 0 Å². The van der Waals surface area contributed by atoms with E-state index >= 15 is 0 Å². The minimum absolute atomic E-state index is 0.0590. The van der Waals surface area contributed by atoms with E-state index in [0.29, 0.717) is 5.69 Å². The highest BCUT2D eigenvalue weighted by Gasteiger charge is 2.12. The molecule has 0 radical (unpaired) electrons. The van der Waals surface area contributed by atoms with Crippen LogP contribution in [0.25, 0.3) is 0 Å². The van der Waals surface area contributed by atoms with Gasteiger partial charge >= 0.3 is 5.97 Å². The van der Waals surface area contributed by atoms with Crippen molar-refractivity contribution in [2.75, 3.05) is 5.32 Å². The van der Waals surface area contributed by atoms with E-state index in [2.05, 4.69) is 5.32 Å². The molecule has 0 aliphatic rings. The number of carboxylic acids is 1. The molecule has 0 spiro atoms. The number of halogens is 1. The molecule has 0 fully saturated rings. The molecule has 0 aromatic heterocycles. The van der Waals surface area contributed by atoms with Gasteiger partial charge in [-0.1, -0.05) is 13.0 Å². The second-order valence-electron chi connectivity index (χ2n) is 3.97. The third kappa shape index (κ3) is 5.10. The summed E-state index contributed by atoms with van der Waals surface area (Å²) in [4.78, 5) is 21.9. The normalized spacial score (nSPS) is 11.9. The van der Waals surface area contributed by atoms with Crippen LogP contribution in [0.2, 0.25) is 0 Å². The highest BCUT2D eigenvalue weighted by atomic mass is 19.1. The van der Waals surface area contributed by atoms with Crippen LogP contribution in [0.1, 0.15) is 19.8 Å². The minimum atomic E-state index is -0.934. The van der Waals surface area contributed by atoms with Crippen molar-refractivity contribution in [3.05, 3.63) is 30.1 Å². The van der Waals surface area contributed by atoms with Crippen molar-refractivity contribution in [3.63, 3.8) is 0 Å². The van der Waals surface area contributed by atoms with Gasteiger partial charge in [0.05, 0.1) is 0 Å². The summed E-state index contributed by atoms with van der Waals surface area (Å²) in [6, 6.07) is 5.55. The van der Waals surface area contributed by atoms with Gasteiger partial charge in [-0.2, -0.15) is 0 Å². The molecule has 1 rings (SSSR count). The maximum atomic E-state index is 12.8. The molecule has 1 atom stereocenters. The number of hydrogen-bond acceptors (Lipinski definition) is 2. The fourth-order valence-corrected chi connectivity index (χ4v) is 1.47. The highest BCUT2D eigenvalue weighted by molar-refractivity contribution is 5.91. The molecule has 92 valence electrons. The van der Waals surface area contributed by atoms with Crippen LogP contribution in [0.3, 0.4) is 0 Å². The van der Waals surface area contributed by atoms with Gasteiger partial charge in [-0.3, -0.25) is 9.59 Å². The van der Waals surface area contributed by atoms with Crippen LogP contribution in [-0.2, 0) is 9.59 Å². The molecule has 1 amide bonds. The van der Waals surface area contributed by atoms with Crippen LogP contribution in [0, 0.1) is 11.7 Å². The minimum Gasteiger partial charge on any atom is -0.481 e. The number of aliphatic carboxylic acids is 1. The Labute approximate surface area is 98.5 Å². The van der Waals surface area contributed by atoms with Crippen molar-refractivity contribution in [1.29, 1.82) is 0 Å². The van der Waals surface area contributed by atoms with E-state index in [4.69, 9.17) is 5.11 Å². The fourth-order valence-electron chi connectivity index (χ4n) is 1.47. The Bertz CT molecular complexity index is 420. The topological polar surface area (TPSA) is 66.4 Å². The molecular weight excluding hydrogens is 225 g/mol. The van der Waals surface area contributed by atoms with E-state index in [1.54, 1.807) is 13.0 Å². The van der Waals surface area contributed by atoms with E-state index < -0.39 is 11.8 Å². The zero-order valence-electron chi connectivity index (χ0n) is 9.44. The van der Waals surface area contributed by atoms with E-state index in [0.717, 1.165) is 0 Å². The first-order valence-corrected chi connectivity index (χ1v) is 5.24. The first-order chi connectivity index (χ1) is 7.97. The number of hydrogen-bond donors (Lipinski definition) is 2. The maximum Gasteiger partial charge on any atom is 0.303 e. The molecule has 0 saturated heterocycles. The average molecular weight is 239 g/mol. The average Bonchev–Trinajstić information content (AvgIpc) is 2.14. The largest absolute Gasteiger partial charge is 0.481 e. The summed E-state index contributed by atoms with van der Waals surface area (Å²) in [5.74, 6) is -1.93. The Balaban J connectivity index is 2.47. The monoisotopic (exact) mass is 239 g/mol. The Morgan fingerprint density at radius 2 is 2.12 bits per heavy atom. The third-order valence-corrected chi connectivity index (χ3v) is 2.17. The van der Waals surface area contributed by atoms with Gasteiger partial charge in [0, 0.05) is 18.5 Å². The van der Waals surface area contributed by atoms with Crippen LogP contribution in [-0.4, -0.2) is 17.0 Å². The summed E-state index contributed by atoms with van der Waals surface area (Å²) in [6.45, 7) is 1.68. The number of carboxylic acid groups (broad SMARTS) is 1. The zero-order chi connectivity index (χ0) is 12.8. The van der Waals surface area contributed by atoms with Gasteiger partial charge in [0.15, 0.2) is 0 Å². The lowest BCUT2D eigenvalue weighted by Gasteiger charge is -2.09. The summed E-state index contributed by atoms with van der Waals surface area (Å²) in [5.41, 5.74) is 0.373. The summed E-state index contributed by atoms with van der Waals surface area (Å²) in [5, 5.41) is 11.1. The summed E-state index contributed by atoms with van der Waals surface area (Å²) in [6.07, 6.45) is 0.0411. The molecule has 0 bridgehead atoms. The molecule has 5 heteroatoms. The van der Waals surface area contributed by atoms with E-state index in [9.17, 15) is 14.0 Å². The molecule has 1 aromatic rings. The predicted octanol–water partition coefficient (Wildman–Crippen LogP) is 2.27. The van der Waals surface area contributed by atoms with Gasteiger partial charge in [0.2, 0.25) is 5.91 Å². The number of nitrogens with one attached hydrogen (secondary N) is 1. The number of carbonyl (C=O) groups is 2. The van der Waals surface area contributed by atoms with Gasteiger partial charge in [-0.15, -0.1) is 0 Å². The second kappa shape index (κ2) is 5.98. The first-order valence-electron chi connectivity index (χ1n) is 5.24. The van der Waals surface area contributed by atoms with Crippen molar-refractivity contribution in [2.45, 2.75) is 19.8 Å². The van der Waals surface area contributed by atoms with Gasteiger partial charge in [-0.05, 0) is 24.1 Å². The Hall–Kier alpha value is -1.91. The van der Waals surface area contributed by atoms with Crippen molar-refractivity contribution in [2.24, 2.45) is 5.92 Å². The number of rotatable bonds is 5. The lowest BCUT2D eigenvalue weighted by molar-refractivity contribution is -0.138. The molecule has 1 unspecified atom stereocenters. The van der Waals surface area contributed by atoms with Crippen molar-refractivity contribution in [1.82, 2.24) is 0 Å². The quantitative estimate of drug-likeness (QED) is 0.828. The van der Waals surface area contributed by atoms with Crippen LogP contribution < -0.4 is 5.32 Å². The molecule has 17 heavy (non-hydrogen) atoms. The standard InChI is InChI=1S/C12H14FNO3/c1-8(6-12(16)17)5-11(15)14-10-4-2-3-9(13)7-10/h2-4,7-8H,5-6H2,1H3,(H,14,15)(H,16,17).